The number of anilines is 1. The van der Waals surface area contributed by atoms with Crippen molar-refractivity contribution in [2.24, 2.45) is 5.84 Å². The number of rotatable bonds is 3. The molecule has 0 saturated heterocycles. The number of carbonyl (C=O) groups is 1. The summed E-state index contributed by atoms with van der Waals surface area (Å²) in [6.07, 6.45) is -4.71. The monoisotopic (exact) mass is 367 g/mol. The molecule has 3 rings (SSSR count). The van der Waals surface area contributed by atoms with E-state index in [1.807, 2.05) is 29.7 Å². The van der Waals surface area contributed by atoms with Crippen LogP contribution in [-0.2, 0) is 0 Å². The minimum absolute atomic E-state index is 0.134. The molecule has 0 saturated carbocycles. The molecule has 2 atom stereocenters. The summed E-state index contributed by atoms with van der Waals surface area (Å²) in [5.41, 5.74) is 3.58. The number of hydrogen-bond donors (Lipinski definition) is 3. The van der Waals surface area contributed by atoms with Gasteiger partial charge in [0.25, 0.3) is 5.91 Å². The van der Waals surface area contributed by atoms with Crippen molar-refractivity contribution in [3.05, 3.63) is 47.2 Å². The highest BCUT2D eigenvalue weighted by Gasteiger charge is 2.46. The molecule has 9 heteroatoms. The van der Waals surface area contributed by atoms with Crippen molar-refractivity contribution >= 4 is 11.7 Å². The normalized spacial score (nSPS) is 19.8. The molecular weight excluding hydrogens is 347 g/mol. The molecule has 2 heterocycles. The van der Waals surface area contributed by atoms with Crippen LogP contribution in [0.3, 0.4) is 0 Å². The first kappa shape index (κ1) is 18.2. The Morgan fingerprint density at radius 1 is 1.35 bits per heavy atom. The predicted octanol–water partition coefficient (Wildman–Crippen LogP) is 3.27. The van der Waals surface area contributed by atoms with Gasteiger partial charge >= 0.3 is 6.18 Å². The van der Waals surface area contributed by atoms with Crippen LogP contribution in [0.1, 0.15) is 59.9 Å². The number of nitrogens with one attached hydrogen (secondary N) is 2. The smallest absolute Gasteiger partial charge is 0.363 e. The van der Waals surface area contributed by atoms with E-state index >= 15 is 0 Å². The lowest BCUT2D eigenvalue weighted by Gasteiger charge is -2.33. The number of amides is 1. The molecule has 1 aromatic carbocycles. The number of nitrogens with two attached hydrogens (primary N) is 1. The SMILES string of the molecule is CC(C)c1ccc([C@@H]2C[C@@H](C(F)(F)F)n3nc(C(=O)NN)cc3N2)cc1. The summed E-state index contributed by atoms with van der Waals surface area (Å²) in [6, 6.07) is 6.41. The van der Waals surface area contributed by atoms with Gasteiger partial charge in [0.05, 0.1) is 6.04 Å². The molecule has 1 amide bonds. The molecule has 0 bridgehead atoms. The van der Waals surface area contributed by atoms with Crippen molar-refractivity contribution in [1.29, 1.82) is 0 Å². The van der Waals surface area contributed by atoms with Crippen LogP contribution >= 0.6 is 0 Å². The minimum atomic E-state index is -4.49. The zero-order valence-electron chi connectivity index (χ0n) is 14.3. The standard InChI is InChI=1S/C17H20F3N5O/c1-9(2)10-3-5-11(6-4-10)12-7-14(17(18,19)20)25-15(22-12)8-13(24-25)16(26)23-21/h3-6,8-9,12,14,22H,7,21H2,1-2H3,(H,23,26)/t12-,14-/m0/s1. The van der Waals surface area contributed by atoms with Crippen molar-refractivity contribution in [2.45, 2.75) is 44.4 Å². The summed E-state index contributed by atoms with van der Waals surface area (Å²) in [7, 11) is 0. The van der Waals surface area contributed by atoms with Crippen LogP contribution in [0.2, 0.25) is 0 Å². The zero-order chi connectivity index (χ0) is 19.1. The van der Waals surface area contributed by atoms with Gasteiger partial charge < -0.3 is 5.32 Å². The summed E-state index contributed by atoms with van der Waals surface area (Å²) in [6.45, 7) is 4.10. The van der Waals surface area contributed by atoms with Crippen LogP contribution in [0.5, 0.6) is 0 Å². The number of nitrogens with zero attached hydrogens (tertiary/aromatic N) is 2. The number of halogens is 3. The third kappa shape index (κ3) is 3.39. The number of fused-ring (bicyclic) bond motifs is 1. The topological polar surface area (TPSA) is 85.0 Å². The highest BCUT2D eigenvalue weighted by molar-refractivity contribution is 5.92. The molecule has 0 spiro atoms. The molecule has 1 aromatic heterocycles. The quantitative estimate of drug-likeness (QED) is 0.442. The van der Waals surface area contributed by atoms with Crippen molar-refractivity contribution in [3.63, 3.8) is 0 Å². The summed E-state index contributed by atoms with van der Waals surface area (Å²) in [5, 5.41) is 6.82. The number of alkyl halides is 3. The second kappa shape index (κ2) is 6.64. The fraction of sp³-hybridized carbons (Fsp3) is 0.412. The summed E-state index contributed by atoms with van der Waals surface area (Å²) >= 11 is 0. The van der Waals surface area contributed by atoms with Gasteiger partial charge in [-0.25, -0.2) is 10.5 Å². The van der Waals surface area contributed by atoms with Gasteiger partial charge in [-0.15, -0.1) is 0 Å². The lowest BCUT2D eigenvalue weighted by atomic mass is 9.94. The van der Waals surface area contributed by atoms with Gasteiger partial charge in [-0.3, -0.25) is 10.2 Å². The summed E-state index contributed by atoms with van der Waals surface area (Å²) < 4.78 is 41.5. The Hall–Kier alpha value is -2.55. The zero-order valence-corrected chi connectivity index (χ0v) is 14.3. The van der Waals surface area contributed by atoms with E-state index in [0.717, 1.165) is 15.8 Å². The number of benzene rings is 1. The van der Waals surface area contributed by atoms with Crippen LogP contribution in [0.15, 0.2) is 30.3 Å². The van der Waals surface area contributed by atoms with E-state index in [1.54, 1.807) is 0 Å². The van der Waals surface area contributed by atoms with Gasteiger partial charge in [0.15, 0.2) is 11.7 Å². The minimum Gasteiger partial charge on any atom is -0.363 e. The molecular formula is C17H20F3N5O. The molecule has 1 aliphatic rings. The van der Waals surface area contributed by atoms with E-state index in [4.69, 9.17) is 5.84 Å². The Morgan fingerprint density at radius 3 is 2.54 bits per heavy atom. The average molecular weight is 367 g/mol. The summed E-state index contributed by atoms with van der Waals surface area (Å²) in [5.74, 6) is 4.78. The van der Waals surface area contributed by atoms with Gasteiger partial charge in [0, 0.05) is 12.5 Å². The van der Waals surface area contributed by atoms with Crippen LogP contribution in [0.4, 0.5) is 19.0 Å². The Morgan fingerprint density at radius 2 is 2.00 bits per heavy atom. The maximum Gasteiger partial charge on any atom is 0.410 e. The van der Waals surface area contributed by atoms with Crippen molar-refractivity contribution in [1.82, 2.24) is 15.2 Å². The second-order valence-electron chi connectivity index (χ2n) is 6.64. The van der Waals surface area contributed by atoms with Gasteiger partial charge in [-0.1, -0.05) is 38.1 Å². The van der Waals surface area contributed by atoms with Gasteiger partial charge in [0.1, 0.15) is 5.82 Å². The van der Waals surface area contributed by atoms with Crippen molar-refractivity contribution < 1.29 is 18.0 Å². The molecule has 6 nitrogen and oxygen atoms in total. The Balaban J connectivity index is 1.96. The van der Waals surface area contributed by atoms with Gasteiger partial charge in [-0.05, 0) is 17.0 Å². The fourth-order valence-corrected chi connectivity index (χ4v) is 3.09. The van der Waals surface area contributed by atoms with Crippen molar-refractivity contribution in [2.75, 3.05) is 5.32 Å². The fourth-order valence-electron chi connectivity index (χ4n) is 3.09. The third-order valence-electron chi connectivity index (χ3n) is 4.56. The average Bonchev–Trinajstić information content (AvgIpc) is 3.03. The molecule has 4 N–H and O–H groups in total. The lowest BCUT2D eigenvalue weighted by Crippen LogP contribution is -2.36. The number of hydrazine groups is 1. The van der Waals surface area contributed by atoms with E-state index in [2.05, 4.69) is 24.3 Å². The van der Waals surface area contributed by atoms with Crippen LogP contribution < -0.4 is 16.6 Å². The third-order valence-corrected chi connectivity index (χ3v) is 4.56. The maximum atomic E-state index is 13.6. The van der Waals surface area contributed by atoms with E-state index < -0.39 is 24.2 Å². The predicted molar refractivity (Wildman–Crippen MR) is 90.5 cm³/mol. The first-order valence-electron chi connectivity index (χ1n) is 8.24. The second-order valence-corrected chi connectivity index (χ2v) is 6.64. The van der Waals surface area contributed by atoms with E-state index in [1.165, 1.54) is 6.07 Å². The number of nitrogen functional groups attached to an aromatic ring is 1. The largest absolute Gasteiger partial charge is 0.410 e. The molecule has 2 aromatic rings. The summed E-state index contributed by atoms with van der Waals surface area (Å²) in [4.78, 5) is 11.6. The first-order valence-corrected chi connectivity index (χ1v) is 8.24. The Bertz CT molecular complexity index is 798. The molecule has 140 valence electrons. The van der Waals surface area contributed by atoms with Gasteiger partial charge in [-0.2, -0.15) is 18.3 Å². The number of carbonyl (C=O) groups excluding carboxylic acids is 1. The highest BCUT2D eigenvalue weighted by Crippen LogP contribution is 2.43. The maximum absolute atomic E-state index is 13.6. The molecule has 1 aliphatic heterocycles. The molecule has 0 aliphatic carbocycles. The van der Waals surface area contributed by atoms with Crippen LogP contribution in [0, 0.1) is 0 Å². The van der Waals surface area contributed by atoms with E-state index in [-0.39, 0.29) is 17.9 Å². The molecule has 0 unspecified atom stereocenters. The lowest BCUT2D eigenvalue weighted by molar-refractivity contribution is -0.173. The Kier molecular flexibility index (Phi) is 4.66. The molecule has 0 fully saturated rings. The van der Waals surface area contributed by atoms with E-state index in [9.17, 15) is 18.0 Å². The van der Waals surface area contributed by atoms with Gasteiger partial charge in [0.2, 0.25) is 0 Å². The molecule has 0 radical (unpaired) electrons. The molecule has 26 heavy (non-hydrogen) atoms. The highest BCUT2D eigenvalue weighted by atomic mass is 19.4. The van der Waals surface area contributed by atoms with Crippen molar-refractivity contribution in [3.8, 4) is 0 Å². The number of aromatic nitrogens is 2. The van der Waals surface area contributed by atoms with Crippen LogP contribution in [-0.4, -0.2) is 21.9 Å². The Labute approximate surface area is 148 Å². The number of hydrogen-bond acceptors (Lipinski definition) is 4. The van der Waals surface area contributed by atoms with E-state index in [0.29, 0.717) is 5.92 Å². The van der Waals surface area contributed by atoms with Crippen LogP contribution in [0.25, 0.3) is 0 Å². The first-order chi connectivity index (χ1) is 12.2.